The highest BCUT2D eigenvalue weighted by atomic mass is 35.5. The fourth-order valence-corrected chi connectivity index (χ4v) is 4.49. The van der Waals surface area contributed by atoms with Crippen LogP contribution in [0, 0.1) is 6.57 Å². The van der Waals surface area contributed by atoms with Crippen molar-refractivity contribution in [1.29, 1.82) is 0 Å². The molecule has 0 amide bonds. The van der Waals surface area contributed by atoms with E-state index in [0.717, 1.165) is 50.1 Å². The summed E-state index contributed by atoms with van der Waals surface area (Å²) < 4.78 is 17.4. The zero-order valence-electron chi connectivity index (χ0n) is 16.7. The van der Waals surface area contributed by atoms with E-state index < -0.39 is 0 Å². The first-order valence-electron chi connectivity index (χ1n) is 10.3. The van der Waals surface area contributed by atoms with Gasteiger partial charge in [0.15, 0.2) is 0 Å². The minimum Gasteiger partial charge on any atom is -0.426 e. The molecule has 0 atom stereocenters. The first-order valence-corrected chi connectivity index (χ1v) is 11.0. The SMILES string of the molecule is [C-]#[N+]c1coc(N2CCC(OCc3c(-c4c(Cl)cccc4Cl)noc3C3CC3)CC2)n1. The van der Waals surface area contributed by atoms with E-state index in [2.05, 4.69) is 15.0 Å². The number of oxazole rings is 1. The second kappa shape index (κ2) is 8.54. The molecule has 0 bridgehead atoms. The van der Waals surface area contributed by atoms with Crippen LogP contribution in [0.4, 0.5) is 11.8 Å². The van der Waals surface area contributed by atoms with Crippen LogP contribution >= 0.6 is 23.2 Å². The van der Waals surface area contributed by atoms with Crippen LogP contribution in [0.5, 0.6) is 0 Å². The summed E-state index contributed by atoms with van der Waals surface area (Å²) in [6.45, 7) is 8.93. The molecular weight excluding hydrogens is 439 g/mol. The lowest BCUT2D eigenvalue weighted by molar-refractivity contribution is 0.0241. The number of aromatic nitrogens is 2. The summed E-state index contributed by atoms with van der Waals surface area (Å²) >= 11 is 12.9. The second-order valence-electron chi connectivity index (χ2n) is 7.84. The molecule has 31 heavy (non-hydrogen) atoms. The fourth-order valence-electron chi connectivity index (χ4n) is 3.92. The highest BCUT2D eigenvalue weighted by Gasteiger charge is 2.34. The molecule has 0 radical (unpaired) electrons. The third kappa shape index (κ3) is 4.16. The van der Waals surface area contributed by atoms with Crippen LogP contribution in [-0.4, -0.2) is 29.3 Å². The van der Waals surface area contributed by atoms with Crippen LogP contribution in [0.2, 0.25) is 10.0 Å². The highest BCUT2D eigenvalue weighted by Crippen LogP contribution is 2.46. The van der Waals surface area contributed by atoms with Gasteiger partial charge in [-0.15, -0.1) is 0 Å². The van der Waals surface area contributed by atoms with Gasteiger partial charge in [-0.25, -0.2) is 0 Å². The molecule has 1 saturated heterocycles. The highest BCUT2D eigenvalue weighted by molar-refractivity contribution is 6.39. The van der Waals surface area contributed by atoms with E-state index in [-0.39, 0.29) is 11.9 Å². The molecule has 7 nitrogen and oxygen atoms in total. The predicted octanol–water partition coefficient (Wildman–Crippen LogP) is 6.25. The van der Waals surface area contributed by atoms with Crippen molar-refractivity contribution < 1.29 is 13.7 Å². The molecule has 9 heteroatoms. The predicted molar refractivity (Wildman–Crippen MR) is 117 cm³/mol. The topological polar surface area (TPSA) is 68.9 Å². The summed E-state index contributed by atoms with van der Waals surface area (Å²) in [6, 6.07) is 5.91. The van der Waals surface area contributed by atoms with Crippen LogP contribution in [-0.2, 0) is 11.3 Å². The van der Waals surface area contributed by atoms with Gasteiger partial charge in [-0.3, -0.25) is 0 Å². The molecule has 0 unspecified atom stereocenters. The summed E-state index contributed by atoms with van der Waals surface area (Å²) in [5.41, 5.74) is 2.30. The Balaban J connectivity index is 1.29. The molecule has 1 saturated carbocycles. The zero-order chi connectivity index (χ0) is 21.4. The fraction of sp³-hybridized carbons (Fsp3) is 0.409. The van der Waals surface area contributed by atoms with Crippen molar-refractivity contribution in [2.75, 3.05) is 18.0 Å². The van der Waals surface area contributed by atoms with Crippen molar-refractivity contribution in [3.05, 3.63) is 57.2 Å². The number of benzene rings is 1. The van der Waals surface area contributed by atoms with Gasteiger partial charge in [-0.1, -0.05) is 46.0 Å². The van der Waals surface area contributed by atoms with Gasteiger partial charge >= 0.3 is 11.8 Å². The van der Waals surface area contributed by atoms with Crippen LogP contribution in [0.1, 0.15) is 42.9 Å². The number of hydrogen-bond donors (Lipinski definition) is 0. The van der Waals surface area contributed by atoms with E-state index in [1.807, 2.05) is 11.0 Å². The molecule has 0 N–H and O–H groups in total. The summed E-state index contributed by atoms with van der Waals surface area (Å²) in [7, 11) is 0. The lowest BCUT2D eigenvalue weighted by Crippen LogP contribution is -2.37. The minimum absolute atomic E-state index is 0.100. The molecular formula is C22H20Cl2N4O3. The minimum atomic E-state index is 0.100. The van der Waals surface area contributed by atoms with Crippen molar-refractivity contribution in [1.82, 2.24) is 10.1 Å². The van der Waals surface area contributed by atoms with Gasteiger partial charge in [0, 0.05) is 30.1 Å². The van der Waals surface area contributed by atoms with E-state index in [1.54, 1.807) is 12.1 Å². The maximum atomic E-state index is 7.02. The van der Waals surface area contributed by atoms with Crippen molar-refractivity contribution in [3.63, 3.8) is 0 Å². The third-order valence-electron chi connectivity index (χ3n) is 5.74. The van der Waals surface area contributed by atoms with Crippen molar-refractivity contribution in [3.8, 4) is 11.3 Å². The number of hydrogen-bond acceptors (Lipinski definition) is 6. The van der Waals surface area contributed by atoms with Gasteiger partial charge in [0.25, 0.3) is 0 Å². The Kier molecular flexibility index (Phi) is 5.61. The average molecular weight is 459 g/mol. The first kappa shape index (κ1) is 20.4. The van der Waals surface area contributed by atoms with E-state index >= 15 is 0 Å². The standard InChI is InChI=1S/C22H20Cl2N4O3/c1-25-18-12-30-22(26-18)28-9-7-14(8-10-28)29-11-15-20(27-31-21(15)13-5-6-13)19-16(23)3-2-4-17(19)24/h2-4,12-14H,5-11H2. The second-order valence-corrected chi connectivity index (χ2v) is 8.66. The van der Waals surface area contributed by atoms with Crippen molar-refractivity contribution >= 4 is 35.0 Å². The Bertz CT molecular complexity index is 1100. The summed E-state index contributed by atoms with van der Waals surface area (Å²) in [5.74, 6) is 1.55. The molecule has 2 aliphatic rings. The van der Waals surface area contributed by atoms with E-state index in [1.165, 1.54) is 6.26 Å². The Hall–Kier alpha value is -2.53. The van der Waals surface area contributed by atoms with Crippen LogP contribution in [0.3, 0.4) is 0 Å². The van der Waals surface area contributed by atoms with Gasteiger partial charge in [0.1, 0.15) is 17.7 Å². The van der Waals surface area contributed by atoms with E-state index in [9.17, 15) is 0 Å². The molecule has 3 heterocycles. The quantitative estimate of drug-likeness (QED) is 0.406. The van der Waals surface area contributed by atoms with Gasteiger partial charge in [0.2, 0.25) is 0 Å². The van der Waals surface area contributed by atoms with Crippen LogP contribution in [0.15, 0.2) is 33.4 Å². The van der Waals surface area contributed by atoms with E-state index in [4.69, 9.17) is 43.5 Å². The van der Waals surface area contributed by atoms with Crippen molar-refractivity contribution in [2.45, 2.75) is 44.3 Å². The normalized spacial score (nSPS) is 17.1. The first-order chi connectivity index (χ1) is 15.1. The average Bonchev–Trinajstić information content (AvgIpc) is 3.36. The molecule has 2 fully saturated rings. The third-order valence-corrected chi connectivity index (χ3v) is 6.37. The maximum absolute atomic E-state index is 7.02. The molecule has 160 valence electrons. The van der Waals surface area contributed by atoms with Crippen LogP contribution in [0.25, 0.3) is 16.1 Å². The lowest BCUT2D eigenvalue weighted by Gasteiger charge is -2.29. The number of anilines is 1. The molecule has 1 aliphatic heterocycles. The molecule has 3 aromatic rings. The number of piperidine rings is 1. The number of halogens is 2. The van der Waals surface area contributed by atoms with Gasteiger partial charge in [-0.2, -0.15) is 0 Å². The monoisotopic (exact) mass is 458 g/mol. The molecule has 1 aliphatic carbocycles. The number of nitrogens with zero attached hydrogens (tertiary/aromatic N) is 4. The lowest BCUT2D eigenvalue weighted by atomic mass is 10.0. The summed E-state index contributed by atoms with van der Waals surface area (Å²) in [5, 5.41) is 5.41. The largest absolute Gasteiger partial charge is 0.426 e. The Morgan fingerprint density at radius 1 is 1.16 bits per heavy atom. The summed E-state index contributed by atoms with van der Waals surface area (Å²) in [6.07, 6.45) is 5.35. The Morgan fingerprint density at radius 3 is 2.55 bits per heavy atom. The summed E-state index contributed by atoms with van der Waals surface area (Å²) in [4.78, 5) is 9.51. The van der Waals surface area contributed by atoms with E-state index in [0.29, 0.717) is 39.8 Å². The Labute approximate surface area is 189 Å². The molecule has 2 aromatic heterocycles. The Morgan fingerprint density at radius 2 is 1.90 bits per heavy atom. The maximum Gasteiger partial charge on any atom is 0.395 e. The molecule has 1 aromatic carbocycles. The van der Waals surface area contributed by atoms with Gasteiger partial charge < -0.3 is 23.4 Å². The van der Waals surface area contributed by atoms with Gasteiger partial charge in [0.05, 0.1) is 22.8 Å². The number of rotatable bonds is 6. The zero-order valence-corrected chi connectivity index (χ0v) is 18.2. The van der Waals surface area contributed by atoms with Gasteiger partial charge in [-0.05, 0) is 37.8 Å². The molecule has 0 spiro atoms. The molecule has 5 rings (SSSR count). The smallest absolute Gasteiger partial charge is 0.395 e. The number of ether oxygens (including phenoxy) is 1. The van der Waals surface area contributed by atoms with Crippen LogP contribution < -0.4 is 4.90 Å². The van der Waals surface area contributed by atoms with Crippen molar-refractivity contribution in [2.24, 2.45) is 0 Å².